The van der Waals surface area contributed by atoms with E-state index in [2.05, 4.69) is 5.32 Å². The van der Waals surface area contributed by atoms with Gasteiger partial charge in [0, 0.05) is 27.2 Å². The number of aryl methyl sites for hydroxylation is 3. The summed E-state index contributed by atoms with van der Waals surface area (Å²) >= 11 is 0. The Kier molecular flexibility index (Phi) is 9.85. The molecule has 0 heterocycles. The van der Waals surface area contributed by atoms with Crippen LogP contribution in [-0.2, 0) is 26.3 Å². The number of anilines is 1. The molecule has 2 aromatic rings. The van der Waals surface area contributed by atoms with Gasteiger partial charge in [0.25, 0.3) is 0 Å². The quantitative estimate of drug-likeness (QED) is 0.511. The molecule has 0 aromatic heterocycles. The largest absolute Gasteiger partial charge is 0.355 e. The Bertz CT molecular complexity index is 1130. The molecule has 1 atom stereocenters. The predicted molar refractivity (Wildman–Crippen MR) is 140 cm³/mol. The van der Waals surface area contributed by atoms with Gasteiger partial charge < -0.3 is 10.2 Å². The third kappa shape index (κ3) is 7.05. The summed E-state index contributed by atoms with van der Waals surface area (Å²) in [6.07, 6.45) is 0.396. The molecule has 9 heteroatoms. The van der Waals surface area contributed by atoms with Crippen molar-refractivity contribution in [2.24, 2.45) is 0 Å². The molecule has 0 saturated carbocycles. The summed E-state index contributed by atoms with van der Waals surface area (Å²) in [5.41, 5.74) is 3.99. The molecule has 0 bridgehead atoms. The summed E-state index contributed by atoms with van der Waals surface area (Å²) in [5.74, 6) is -0.709. The standard InChI is InChI=1S/C26H38N4O4S/c1-8-23(26(32)27-9-2)29(17-22-14-11-19(3)12-15-22)25(31)18-30(35(33,34)28(6)7)24-16-20(4)10-13-21(24)5/h10-16,23H,8-9,17-18H2,1-7H3,(H,27,32)/t23-/m0/s1. The number of hydrogen-bond acceptors (Lipinski definition) is 4. The lowest BCUT2D eigenvalue weighted by atomic mass is 10.1. The Labute approximate surface area is 210 Å². The fourth-order valence-electron chi connectivity index (χ4n) is 3.79. The van der Waals surface area contributed by atoms with Gasteiger partial charge in [0.15, 0.2) is 0 Å². The maximum Gasteiger partial charge on any atom is 0.304 e. The van der Waals surface area contributed by atoms with Crippen molar-refractivity contribution >= 4 is 27.7 Å². The molecule has 0 radical (unpaired) electrons. The van der Waals surface area contributed by atoms with E-state index in [9.17, 15) is 18.0 Å². The van der Waals surface area contributed by atoms with Gasteiger partial charge in [-0.1, -0.05) is 48.9 Å². The molecule has 8 nitrogen and oxygen atoms in total. The highest BCUT2D eigenvalue weighted by molar-refractivity contribution is 7.90. The summed E-state index contributed by atoms with van der Waals surface area (Å²) in [4.78, 5) is 28.2. The summed E-state index contributed by atoms with van der Waals surface area (Å²) in [6.45, 7) is 9.53. The van der Waals surface area contributed by atoms with E-state index in [-0.39, 0.29) is 12.5 Å². The maximum absolute atomic E-state index is 13.8. The van der Waals surface area contributed by atoms with E-state index >= 15 is 0 Å². The van der Waals surface area contributed by atoms with Gasteiger partial charge in [-0.25, -0.2) is 4.31 Å². The zero-order valence-corrected chi connectivity index (χ0v) is 22.6. The molecular formula is C26H38N4O4S. The third-order valence-corrected chi connectivity index (χ3v) is 7.67. The molecule has 1 N–H and O–H groups in total. The minimum Gasteiger partial charge on any atom is -0.355 e. The SMILES string of the molecule is CCNC(=O)[C@H](CC)N(Cc1ccc(C)cc1)C(=O)CN(c1cc(C)ccc1C)S(=O)(=O)N(C)C. The van der Waals surface area contributed by atoms with Crippen molar-refractivity contribution in [3.8, 4) is 0 Å². The number of nitrogens with one attached hydrogen (secondary N) is 1. The van der Waals surface area contributed by atoms with Crippen LogP contribution in [0.4, 0.5) is 5.69 Å². The molecule has 2 rings (SSSR count). The van der Waals surface area contributed by atoms with Crippen molar-refractivity contribution in [3.05, 3.63) is 64.7 Å². The molecule has 0 aliphatic rings. The van der Waals surface area contributed by atoms with Crippen LogP contribution in [0.1, 0.15) is 42.5 Å². The number of hydrogen-bond donors (Lipinski definition) is 1. The molecule has 192 valence electrons. The zero-order valence-electron chi connectivity index (χ0n) is 21.8. The Morgan fingerprint density at radius 2 is 1.54 bits per heavy atom. The second-order valence-electron chi connectivity index (χ2n) is 8.91. The minimum absolute atomic E-state index is 0.192. The minimum atomic E-state index is -3.98. The highest BCUT2D eigenvalue weighted by Gasteiger charge is 2.34. The number of carbonyl (C=O) groups is 2. The van der Waals surface area contributed by atoms with Crippen LogP contribution in [0, 0.1) is 20.8 Å². The van der Waals surface area contributed by atoms with Gasteiger partial charge in [-0.2, -0.15) is 12.7 Å². The van der Waals surface area contributed by atoms with Crippen LogP contribution in [0.3, 0.4) is 0 Å². The van der Waals surface area contributed by atoms with Gasteiger partial charge in [0.1, 0.15) is 12.6 Å². The van der Waals surface area contributed by atoms with Crippen LogP contribution in [0.25, 0.3) is 0 Å². The fraction of sp³-hybridized carbons (Fsp3) is 0.462. The normalized spacial score (nSPS) is 12.3. The van der Waals surface area contributed by atoms with Crippen molar-refractivity contribution in [2.75, 3.05) is 31.5 Å². The molecule has 0 unspecified atom stereocenters. The number of carbonyl (C=O) groups excluding carboxylic acids is 2. The summed E-state index contributed by atoms with van der Waals surface area (Å²) < 4.78 is 28.9. The molecule has 0 aliphatic carbocycles. The second-order valence-corrected chi connectivity index (χ2v) is 11.0. The molecule has 0 aliphatic heterocycles. The van der Waals surface area contributed by atoms with Gasteiger partial charge in [0.2, 0.25) is 11.8 Å². The van der Waals surface area contributed by atoms with Crippen LogP contribution in [-0.4, -0.2) is 62.7 Å². The van der Waals surface area contributed by atoms with Crippen LogP contribution in [0.5, 0.6) is 0 Å². The second kappa shape index (κ2) is 12.2. The monoisotopic (exact) mass is 502 g/mol. The predicted octanol–water partition coefficient (Wildman–Crippen LogP) is 3.17. The van der Waals surface area contributed by atoms with Crippen LogP contribution in [0.15, 0.2) is 42.5 Å². The van der Waals surface area contributed by atoms with Crippen molar-refractivity contribution < 1.29 is 18.0 Å². The topological polar surface area (TPSA) is 90.0 Å². The number of amides is 2. The number of likely N-dealkylation sites (N-methyl/N-ethyl adjacent to an activating group) is 1. The van der Waals surface area contributed by atoms with Gasteiger partial charge in [-0.05, 0) is 56.9 Å². The van der Waals surface area contributed by atoms with E-state index in [0.717, 1.165) is 30.9 Å². The fourth-order valence-corrected chi connectivity index (χ4v) is 4.90. The van der Waals surface area contributed by atoms with Gasteiger partial charge in [0.05, 0.1) is 5.69 Å². The van der Waals surface area contributed by atoms with Crippen molar-refractivity contribution in [2.45, 2.75) is 53.6 Å². The third-order valence-electron chi connectivity index (χ3n) is 5.86. The van der Waals surface area contributed by atoms with E-state index in [1.165, 1.54) is 19.0 Å². The van der Waals surface area contributed by atoms with Crippen LogP contribution < -0.4 is 9.62 Å². The number of benzene rings is 2. The number of nitrogens with zero attached hydrogens (tertiary/aromatic N) is 3. The lowest BCUT2D eigenvalue weighted by molar-refractivity contribution is -0.140. The first kappa shape index (κ1) is 28.3. The molecule has 0 spiro atoms. The average molecular weight is 503 g/mol. The summed E-state index contributed by atoms with van der Waals surface area (Å²) in [7, 11) is -1.11. The van der Waals surface area contributed by atoms with Gasteiger partial charge in [-0.15, -0.1) is 0 Å². The highest BCUT2D eigenvalue weighted by atomic mass is 32.2. The Hall–Kier alpha value is -2.91. The van der Waals surface area contributed by atoms with E-state index in [0.29, 0.717) is 18.7 Å². The maximum atomic E-state index is 13.8. The van der Waals surface area contributed by atoms with Crippen molar-refractivity contribution in [1.29, 1.82) is 0 Å². The summed E-state index contributed by atoms with van der Waals surface area (Å²) in [6, 6.07) is 12.5. The van der Waals surface area contributed by atoms with Gasteiger partial charge in [-0.3, -0.25) is 9.59 Å². The average Bonchev–Trinajstić information content (AvgIpc) is 2.80. The molecule has 2 aromatic carbocycles. The first-order chi connectivity index (χ1) is 16.4. The van der Waals surface area contributed by atoms with E-state index < -0.39 is 28.7 Å². The molecule has 0 saturated heterocycles. The molecule has 35 heavy (non-hydrogen) atoms. The van der Waals surface area contributed by atoms with Crippen molar-refractivity contribution in [3.63, 3.8) is 0 Å². The lowest BCUT2D eigenvalue weighted by Gasteiger charge is -2.34. The molecular weight excluding hydrogens is 464 g/mol. The zero-order chi connectivity index (χ0) is 26.3. The van der Waals surface area contributed by atoms with Gasteiger partial charge >= 0.3 is 10.2 Å². The molecule has 2 amide bonds. The Morgan fingerprint density at radius 3 is 2.09 bits per heavy atom. The highest BCUT2D eigenvalue weighted by Crippen LogP contribution is 2.26. The Morgan fingerprint density at radius 1 is 0.943 bits per heavy atom. The van der Waals surface area contributed by atoms with E-state index in [4.69, 9.17) is 0 Å². The van der Waals surface area contributed by atoms with E-state index in [1.807, 2.05) is 71.0 Å². The first-order valence-electron chi connectivity index (χ1n) is 11.8. The van der Waals surface area contributed by atoms with Crippen molar-refractivity contribution in [1.82, 2.24) is 14.5 Å². The number of rotatable bonds is 11. The van der Waals surface area contributed by atoms with Crippen LogP contribution in [0.2, 0.25) is 0 Å². The van der Waals surface area contributed by atoms with Crippen LogP contribution >= 0.6 is 0 Å². The smallest absolute Gasteiger partial charge is 0.304 e. The molecule has 0 fully saturated rings. The van der Waals surface area contributed by atoms with E-state index in [1.54, 1.807) is 6.07 Å². The Balaban J connectivity index is 2.54. The first-order valence-corrected chi connectivity index (χ1v) is 13.2. The lowest BCUT2D eigenvalue weighted by Crippen LogP contribution is -2.53. The summed E-state index contributed by atoms with van der Waals surface area (Å²) in [5, 5.41) is 2.80.